The van der Waals surface area contributed by atoms with Crippen LogP contribution in [0.1, 0.15) is 66.1 Å². The monoisotopic (exact) mass is 550 g/mol. The number of carbonyl (C=O) groups is 2. The lowest BCUT2D eigenvalue weighted by atomic mass is 9.99. The van der Waals surface area contributed by atoms with E-state index < -0.39 is 56.5 Å². The number of halogens is 4. The Balaban J connectivity index is 1.22. The van der Waals surface area contributed by atoms with Gasteiger partial charge in [0.2, 0.25) is 5.91 Å². The van der Waals surface area contributed by atoms with Crippen molar-refractivity contribution >= 4 is 21.7 Å². The van der Waals surface area contributed by atoms with Gasteiger partial charge in [-0.3, -0.25) is 9.59 Å². The minimum Gasteiger partial charge on any atom is -0.347 e. The first kappa shape index (κ1) is 25.3. The highest BCUT2D eigenvalue weighted by Crippen LogP contribution is 2.49. The first-order valence-electron chi connectivity index (χ1n) is 12.8. The maximum absolute atomic E-state index is 14.3. The van der Waals surface area contributed by atoms with Gasteiger partial charge in [-0.1, -0.05) is 12.1 Å². The third-order valence-electron chi connectivity index (χ3n) is 8.06. The summed E-state index contributed by atoms with van der Waals surface area (Å²) in [5.74, 6) is -2.12. The quantitative estimate of drug-likeness (QED) is 0.509. The minimum atomic E-state index is -4.82. The molecule has 1 heterocycles. The van der Waals surface area contributed by atoms with E-state index in [2.05, 4.69) is 5.32 Å². The molecule has 4 aliphatic rings. The van der Waals surface area contributed by atoms with Crippen LogP contribution in [-0.4, -0.2) is 42.5 Å². The molecule has 0 aromatic heterocycles. The van der Waals surface area contributed by atoms with Crippen LogP contribution in [0.2, 0.25) is 0 Å². The predicted octanol–water partition coefficient (Wildman–Crippen LogP) is 4.65. The Morgan fingerprint density at radius 1 is 1.00 bits per heavy atom. The summed E-state index contributed by atoms with van der Waals surface area (Å²) in [7, 11) is -3.49. The largest absolute Gasteiger partial charge is 0.419 e. The molecule has 2 aromatic carbocycles. The molecule has 3 aliphatic carbocycles. The predicted molar refractivity (Wildman–Crippen MR) is 128 cm³/mol. The molecule has 6 nitrogen and oxygen atoms in total. The van der Waals surface area contributed by atoms with E-state index in [0.717, 1.165) is 25.3 Å². The van der Waals surface area contributed by atoms with E-state index in [1.54, 1.807) is 0 Å². The third-order valence-corrected chi connectivity index (χ3v) is 10.3. The maximum Gasteiger partial charge on any atom is 0.419 e. The lowest BCUT2D eigenvalue weighted by Gasteiger charge is -2.29. The van der Waals surface area contributed by atoms with Crippen molar-refractivity contribution in [3.8, 4) is 0 Å². The molecule has 3 saturated carbocycles. The van der Waals surface area contributed by atoms with Crippen LogP contribution in [0.15, 0.2) is 47.4 Å². The third kappa shape index (κ3) is 4.58. The fourth-order valence-corrected chi connectivity index (χ4v) is 7.32. The average molecular weight is 551 g/mol. The second-order valence-corrected chi connectivity index (χ2v) is 13.1. The molecule has 1 N–H and O–H groups in total. The molecule has 202 valence electrons. The molecule has 4 fully saturated rings. The number of sulfone groups is 1. The number of benzene rings is 2. The van der Waals surface area contributed by atoms with Crippen molar-refractivity contribution in [1.82, 2.24) is 10.2 Å². The summed E-state index contributed by atoms with van der Waals surface area (Å²) in [5, 5.41) is 2.47. The molecule has 38 heavy (non-hydrogen) atoms. The number of nitrogens with zero attached hydrogens (tertiary/aromatic N) is 1. The summed E-state index contributed by atoms with van der Waals surface area (Å²) in [5.41, 5.74) is -0.910. The van der Waals surface area contributed by atoms with Gasteiger partial charge in [0, 0.05) is 11.6 Å². The number of amides is 2. The zero-order valence-electron chi connectivity index (χ0n) is 20.2. The van der Waals surface area contributed by atoms with Gasteiger partial charge < -0.3 is 10.2 Å². The van der Waals surface area contributed by atoms with E-state index in [9.17, 15) is 35.6 Å². The van der Waals surface area contributed by atoms with Crippen LogP contribution in [0.4, 0.5) is 17.6 Å². The Kier molecular flexibility index (Phi) is 5.86. The summed E-state index contributed by atoms with van der Waals surface area (Å²) < 4.78 is 78.7. The van der Waals surface area contributed by atoms with E-state index in [0.29, 0.717) is 25.3 Å². The summed E-state index contributed by atoms with van der Waals surface area (Å²) in [6.07, 6.45) is -0.926. The molecule has 2 amide bonds. The van der Waals surface area contributed by atoms with Gasteiger partial charge in [-0.05, 0) is 86.3 Å². The number of piperidine rings is 1. The molecule has 6 rings (SSSR count). The van der Waals surface area contributed by atoms with Gasteiger partial charge in [0.15, 0.2) is 9.84 Å². The van der Waals surface area contributed by atoms with Crippen LogP contribution in [0.5, 0.6) is 0 Å². The first-order chi connectivity index (χ1) is 17.9. The lowest BCUT2D eigenvalue weighted by molar-refractivity contribution is -0.140. The Labute approximate surface area is 217 Å². The van der Waals surface area contributed by atoms with E-state index in [4.69, 9.17) is 0 Å². The molecule has 2 aromatic rings. The van der Waals surface area contributed by atoms with Crippen molar-refractivity contribution in [2.75, 3.05) is 0 Å². The molecule has 0 spiro atoms. The number of alkyl halides is 3. The molecule has 1 aliphatic heterocycles. The van der Waals surface area contributed by atoms with Crippen molar-refractivity contribution in [3.63, 3.8) is 0 Å². The second kappa shape index (κ2) is 8.79. The molecular formula is C27H26F4N2O4S. The van der Waals surface area contributed by atoms with Gasteiger partial charge in [0.25, 0.3) is 5.91 Å². The zero-order valence-corrected chi connectivity index (χ0v) is 21.1. The Morgan fingerprint density at radius 2 is 1.74 bits per heavy atom. The smallest absolute Gasteiger partial charge is 0.347 e. The molecule has 1 saturated heterocycles. The second-order valence-electron chi connectivity index (χ2n) is 10.9. The van der Waals surface area contributed by atoms with Gasteiger partial charge in [-0.2, -0.15) is 13.2 Å². The Bertz CT molecular complexity index is 1420. The van der Waals surface area contributed by atoms with Crippen molar-refractivity contribution in [2.45, 2.75) is 73.0 Å². The highest BCUT2D eigenvalue weighted by Gasteiger charge is 2.56. The van der Waals surface area contributed by atoms with Crippen molar-refractivity contribution in [3.05, 3.63) is 65.0 Å². The van der Waals surface area contributed by atoms with Crippen LogP contribution >= 0.6 is 0 Å². The molecule has 4 atom stereocenters. The maximum atomic E-state index is 14.3. The highest BCUT2D eigenvalue weighted by molar-refractivity contribution is 7.92. The number of hydrogen-bond donors (Lipinski definition) is 1. The number of carbonyl (C=O) groups excluding carboxylic acids is 2. The van der Waals surface area contributed by atoms with Crippen LogP contribution in [0.3, 0.4) is 0 Å². The Hall–Kier alpha value is -2.95. The highest BCUT2D eigenvalue weighted by atomic mass is 32.2. The summed E-state index contributed by atoms with van der Waals surface area (Å²) >= 11 is 0. The van der Waals surface area contributed by atoms with Crippen LogP contribution in [0.25, 0.3) is 0 Å². The number of hydrogen-bond acceptors (Lipinski definition) is 4. The fourth-order valence-electron chi connectivity index (χ4n) is 5.62. The summed E-state index contributed by atoms with van der Waals surface area (Å²) in [6, 6.07) is 7.04. The number of nitrogens with one attached hydrogen (secondary N) is 1. The summed E-state index contributed by atoms with van der Waals surface area (Å²) in [4.78, 5) is 28.6. The number of fused-ring (bicyclic) bond motifs is 1. The SMILES string of the molecule is O=C(N[C@@H](c1ccc(C(F)(F)F)c(F)c1)C1CC1)[C@H]1CC2C[C@H]2N1C(=O)c1cccc(S(=O)(=O)C2CC2)c1. The summed E-state index contributed by atoms with van der Waals surface area (Å²) in [6.45, 7) is 0. The lowest BCUT2D eigenvalue weighted by Crippen LogP contribution is -2.49. The first-order valence-corrected chi connectivity index (χ1v) is 14.3. The minimum absolute atomic E-state index is 0.0283. The van der Waals surface area contributed by atoms with Crippen LogP contribution in [-0.2, 0) is 20.8 Å². The molecule has 1 unspecified atom stereocenters. The number of rotatable bonds is 7. The molecule has 0 radical (unpaired) electrons. The standard InChI is InChI=1S/C27H26F4N2O4S/c28-21-11-15(6-9-20(21)27(29,30)31)24(14-4-5-14)32-25(34)23-13-17-12-22(17)33(23)26(35)16-2-1-3-19(10-16)38(36,37)18-7-8-18/h1-3,6,9-11,14,17-18,22-24H,4-5,7-8,12-13H2,(H,32,34)/t17?,22-,23-,24-/m1/s1. The van der Waals surface area contributed by atoms with E-state index in [-0.39, 0.29) is 33.9 Å². The van der Waals surface area contributed by atoms with Gasteiger partial charge in [-0.15, -0.1) is 0 Å². The van der Waals surface area contributed by atoms with Gasteiger partial charge >= 0.3 is 6.18 Å². The van der Waals surface area contributed by atoms with Gasteiger partial charge in [0.05, 0.1) is 21.8 Å². The van der Waals surface area contributed by atoms with Crippen molar-refractivity contribution in [2.24, 2.45) is 11.8 Å². The van der Waals surface area contributed by atoms with Gasteiger partial charge in [0.1, 0.15) is 11.9 Å². The van der Waals surface area contributed by atoms with Crippen molar-refractivity contribution < 1.29 is 35.6 Å². The Morgan fingerprint density at radius 3 is 2.37 bits per heavy atom. The fraction of sp³-hybridized carbons (Fsp3) is 0.481. The number of likely N-dealkylation sites (tertiary alicyclic amines) is 1. The van der Waals surface area contributed by atoms with Crippen LogP contribution in [0, 0.1) is 17.7 Å². The zero-order chi connectivity index (χ0) is 27.0. The normalized spacial score (nSPS) is 25.6. The molecular weight excluding hydrogens is 524 g/mol. The molecule has 11 heteroatoms. The molecule has 0 bridgehead atoms. The average Bonchev–Trinajstić information content (AvgIpc) is 3.72. The van der Waals surface area contributed by atoms with Gasteiger partial charge in [-0.25, -0.2) is 12.8 Å². The van der Waals surface area contributed by atoms with Crippen LogP contribution < -0.4 is 5.32 Å². The topological polar surface area (TPSA) is 83.6 Å². The van der Waals surface area contributed by atoms with Crippen molar-refractivity contribution in [1.29, 1.82) is 0 Å². The van der Waals surface area contributed by atoms with E-state index in [1.807, 2.05) is 0 Å². The van der Waals surface area contributed by atoms with E-state index in [1.165, 1.54) is 35.2 Å². The van der Waals surface area contributed by atoms with E-state index >= 15 is 0 Å².